The number of benzene rings is 2. The Bertz CT molecular complexity index is 1220. The summed E-state index contributed by atoms with van der Waals surface area (Å²) in [7, 11) is 1.46. The highest BCUT2D eigenvalue weighted by atomic mass is 35.5. The number of thiazole rings is 1. The van der Waals surface area contributed by atoms with E-state index in [1.165, 1.54) is 24.5 Å². The van der Waals surface area contributed by atoms with Crippen molar-refractivity contribution < 1.29 is 28.5 Å². The van der Waals surface area contributed by atoms with Crippen LogP contribution in [0.25, 0.3) is 10.2 Å². The molecule has 0 saturated heterocycles. The van der Waals surface area contributed by atoms with Gasteiger partial charge in [0, 0.05) is 17.2 Å². The van der Waals surface area contributed by atoms with Crippen LogP contribution in [0.2, 0.25) is 5.02 Å². The van der Waals surface area contributed by atoms with Gasteiger partial charge in [0.25, 0.3) is 5.91 Å². The molecular weight excluding hydrogens is 432 g/mol. The Hall–Kier alpha value is -3.04. The smallest absolute Gasteiger partial charge is 0.326 e. The number of methoxy groups -OCH3 is 1. The summed E-state index contributed by atoms with van der Waals surface area (Å²) in [5.41, 5.74) is 0.904. The summed E-state index contributed by atoms with van der Waals surface area (Å²) in [6, 6.07) is 8.27. The second-order valence-corrected chi connectivity index (χ2v) is 7.66. The van der Waals surface area contributed by atoms with Crippen molar-refractivity contribution in [2.75, 3.05) is 20.5 Å². The van der Waals surface area contributed by atoms with Gasteiger partial charge >= 0.3 is 5.97 Å². The van der Waals surface area contributed by atoms with Crippen LogP contribution in [0.1, 0.15) is 17.3 Å². The Labute approximate surface area is 180 Å². The van der Waals surface area contributed by atoms with Gasteiger partial charge < -0.3 is 23.5 Å². The molecule has 4 rings (SSSR count). The van der Waals surface area contributed by atoms with E-state index in [0.29, 0.717) is 32.6 Å². The molecule has 0 fully saturated rings. The van der Waals surface area contributed by atoms with E-state index >= 15 is 0 Å². The fourth-order valence-electron chi connectivity index (χ4n) is 3.03. The number of aromatic nitrogens is 1. The van der Waals surface area contributed by atoms with Gasteiger partial charge in [-0.15, -0.1) is 0 Å². The minimum absolute atomic E-state index is 0.105. The van der Waals surface area contributed by atoms with Crippen molar-refractivity contribution in [3.8, 4) is 17.2 Å². The first-order chi connectivity index (χ1) is 14.5. The number of carbonyl (C=O) groups is 2. The Morgan fingerprint density at radius 1 is 1.23 bits per heavy atom. The normalized spacial score (nSPS) is 13.0. The first-order valence-corrected chi connectivity index (χ1v) is 10.2. The Morgan fingerprint density at radius 3 is 2.73 bits per heavy atom. The zero-order chi connectivity index (χ0) is 21.3. The molecule has 0 saturated carbocycles. The number of hydrogen-bond acceptors (Lipinski definition) is 7. The van der Waals surface area contributed by atoms with Crippen molar-refractivity contribution in [1.82, 2.24) is 4.57 Å². The van der Waals surface area contributed by atoms with Crippen molar-refractivity contribution in [3.63, 3.8) is 0 Å². The number of carbonyl (C=O) groups excluding carboxylic acids is 2. The van der Waals surface area contributed by atoms with Gasteiger partial charge in [-0.25, -0.2) is 0 Å². The van der Waals surface area contributed by atoms with Gasteiger partial charge in [0.2, 0.25) is 6.79 Å². The average Bonchev–Trinajstić information content (AvgIpc) is 3.30. The van der Waals surface area contributed by atoms with Gasteiger partial charge in [-0.2, -0.15) is 4.99 Å². The third kappa shape index (κ3) is 3.86. The van der Waals surface area contributed by atoms with Crippen LogP contribution in [0.5, 0.6) is 17.2 Å². The Balaban J connectivity index is 1.86. The maximum atomic E-state index is 12.9. The van der Waals surface area contributed by atoms with E-state index in [2.05, 4.69) is 4.99 Å². The summed E-state index contributed by atoms with van der Waals surface area (Å²) in [4.78, 5) is 29.7. The monoisotopic (exact) mass is 448 g/mol. The molecule has 0 atom stereocenters. The first-order valence-electron chi connectivity index (χ1n) is 9.01. The number of esters is 1. The molecule has 1 aliphatic rings. The maximum absolute atomic E-state index is 12.9. The summed E-state index contributed by atoms with van der Waals surface area (Å²) in [6.07, 6.45) is 0. The highest BCUT2D eigenvalue weighted by molar-refractivity contribution is 7.16. The van der Waals surface area contributed by atoms with Crippen molar-refractivity contribution in [3.05, 3.63) is 45.7 Å². The standard InChI is InChI=1S/C20H17ClN2O6S/c1-3-27-18(24)9-23-13-7-15-16(29-10-28-15)8-17(13)30-20(23)22-19(25)12-6-11(21)4-5-14(12)26-2/h4-8H,3,9-10H2,1-2H3. The van der Waals surface area contributed by atoms with E-state index in [0.717, 1.165) is 4.70 Å². The molecule has 8 nitrogen and oxygen atoms in total. The number of amides is 1. The lowest BCUT2D eigenvalue weighted by Gasteiger charge is -2.07. The zero-order valence-corrected chi connectivity index (χ0v) is 17.7. The van der Waals surface area contributed by atoms with E-state index in [1.54, 1.807) is 35.8 Å². The van der Waals surface area contributed by atoms with Gasteiger partial charge in [0.15, 0.2) is 16.3 Å². The first kappa shape index (κ1) is 20.2. The molecule has 2 heterocycles. The fourth-order valence-corrected chi connectivity index (χ4v) is 4.24. The second-order valence-electron chi connectivity index (χ2n) is 6.21. The predicted molar refractivity (Wildman–Crippen MR) is 110 cm³/mol. The quantitative estimate of drug-likeness (QED) is 0.556. The summed E-state index contributed by atoms with van der Waals surface area (Å²) < 4.78 is 23.6. The minimum atomic E-state index is -0.543. The molecule has 0 spiro atoms. The van der Waals surface area contributed by atoms with Crippen molar-refractivity contribution in [1.29, 1.82) is 0 Å². The average molecular weight is 449 g/mol. The molecule has 10 heteroatoms. The molecule has 0 N–H and O–H groups in total. The highest BCUT2D eigenvalue weighted by Crippen LogP contribution is 2.37. The van der Waals surface area contributed by atoms with Crippen LogP contribution < -0.4 is 19.0 Å². The van der Waals surface area contributed by atoms with Crippen LogP contribution in [0, 0.1) is 0 Å². The third-order valence-corrected chi connectivity index (χ3v) is 5.64. The molecule has 1 amide bonds. The molecule has 1 aliphatic heterocycles. The number of ether oxygens (including phenoxy) is 4. The largest absolute Gasteiger partial charge is 0.496 e. The molecular formula is C20H17ClN2O6S. The molecule has 0 bridgehead atoms. The number of nitrogens with zero attached hydrogens (tertiary/aromatic N) is 2. The van der Waals surface area contributed by atoms with Gasteiger partial charge in [-0.1, -0.05) is 22.9 Å². The highest BCUT2D eigenvalue weighted by Gasteiger charge is 2.20. The molecule has 1 aromatic heterocycles. The molecule has 0 unspecified atom stereocenters. The topological polar surface area (TPSA) is 88.4 Å². The van der Waals surface area contributed by atoms with E-state index in [9.17, 15) is 9.59 Å². The minimum Gasteiger partial charge on any atom is -0.496 e. The molecule has 30 heavy (non-hydrogen) atoms. The van der Waals surface area contributed by atoms with Crippen LogP contribution in [0.4, 0.5) is 0 Å². The van der Waals surface area contributed by atoms with Gasteiger partial charge in [-0.3, -0.25) is 9.59 Å². The molecule has 0 radical (unpaired) electrons. The lowest BCUT2D eigenvalue weighted by Crippen LogP contribution is -2.23. The van der Waals surface area contributed by atoms with Crippen molar-refractivity contribution >= 4 is 45.0 Å². The fraction of sp³-hybridized carbons (Fsp3) is 0.250. The maximum Gasteiger partial charge on any atom is 0.326 e. The van der Waals surface area contributed by atoms with Crippen molar-refractivity contribution in [2.24, 2.45) is 4.99 Å². The van der Waals surface area contributed by atoms with Crippen LogP contribution in [0.15, 0.2) is 35.3 Å². The van der Waals surface area contributed by atoms with Gasteiger partial charge in [0.05, 0.1) is 29.5 Å². The van der Waals surface area contributed by atoms with Gasteiger partial charge in [-0.05, 0) is 25.1 Å². The molecule has 2 aromatic carbocycles. The van der Waals surface area contributed by atoms with Gasteiger partial charge in [0.1, 0.15) is 12.3 Å². The van der Waals surface area contributed by atoms with Crippen LogP contribution >= 0.6 is 22.9 Å². The summed E-state index contributed by atoms with van der Waals surface area (Å²) in [5, 5.41) is 0.385. The van der Waals surface area contributed by atoms with Crippen LogP contribution in [0.3, 0.4) is 0 Å². The van der Waals surface area contributed by atoms with Crippen LogP contribution in [-0.2, 0) is 16.1 Å². The summed E-state index contributed by atoms with van der Waals surface area (Å²) >= 11 is 7.29. The lowest BCUT2D eigenvalue weighted by molar-refractivity contribution is -0.143. The molecule has 156 valence electrons. The molecule has 0 aliphatic carbocycles. The Morgan fingerprint density at radius 2 is 2.00 bits per heavy atom. The van der Waals surface area contributed by atoms with E-state index in [1.807, 2.05) is 0 Å². The van der Waals surface area contributed by atoms with E-state index < -0.39 is 11.9 Å². The molecule has 3 aromatic rings. The number of rotatable bonds is 5. The SMILES string of the molecule is CCOC(=O)Cn1c(=NC(=O)c2cc(Cl)ccc2OC)sc2cc3c(cc21)OCO3. The van der Waals surface area contributed by atoms with E-state index in [-0.39, 0.29) is 25.5 Å². The number of hydrogen-bond donors (Lipinski definition) is 0. The van der Waals surface area contributed by atoms with Crippen molar-refractivity contribution in [2.45, 2.75) is 13.5 Å². The summed E-state index contributed by atoms with van der Waals surface area (Å²) in [6.45, 7) is 2.01. The number of fused-ring (bicyclic) bond motifs is 2. The summed E-state index contributed by atoms with van der Waals surface area (Å²) in [5.74, 6) is 0.531. The zero-order valence-electron chi connectivity index (χ0n) is 16.1. The second kappa shape index (κ2) is 8.37. The predicted octanol–water partition coefficient (Wildman–Crippen LogP) is 3.40. The van der Waals surface area contributed by atoms with Crippen LogP contribution in [-0.4, -0.2) is 37.0 Å². The Kier molecular flexibility index (Phi) is 5.65. The lowest BCUT2D eigenvalue weighted by atomic mass is 10.2. The van der Waals surface area contributed by atoms with E-state index in [4.69, 9.17) is 30.5 Å². The third-order valence-electron chi connectivity index (χ3n) is 4.36. The number of halogens is 1.